The maximum atomic E-state index is 12.7. The van der Waals surface area contributed by atoms with Gasteiger partial charge < -0.3 is 4.74 Å². The number of anilines is 2. The van der Waals surface area contributed by atoms with E-state index in [-0.39, 0.29) is 5.56 Å². The number of rotatable bonds is 5. The van der Waals surface area contributed by atoms with Crippen molar-refractivity contribution in [1.29, 1.82) is 0 Å². The van der Waals surface area contributed by atoms with Gasteiger partial charge in [0.15, 0.2) is 0 Å². The van der Waals surface area contributed by atoms with Gasteiger partial charge in [-0.05, 0) is 55.8 Å². The van der Waals surface area contributed by atoms with Crippen molar-refractivity contribution >= 4 is 41.0 Å². The molecular weight excluding hydrogens is 412 g/mol. The van der Waals surface area contributed by atoms with Gasteiger partial charge in [-0.25, -0.2) is 14.6 Å². The predicted octanol–water partition coefficient (Wildman–Crippen LogP) is 2.64. The third-order valence-corrected chi connectivity index (χ3v) is 5.15. The zero-order chi connectivity index (χ0) is 23.0. The van der Waals surface area contributed by atoms with Gasteiger partial charge in [-0.2, -0.15) is 0 Å². The summed E-state index contributed by atoms with van der Waals surface area (Å²) in [4.78, 5) is 61.9. The Hall–Kier alpha value is -4.33. The van der Waals surface area contributed by atoms with E-state index in [1.54, 1.807) is 38.1 Å². The first-order chi connectivity index (χ1) is 15.2. The molecule has 160 valence electrons. The first-order valence-electron chi connectivity index (χ1n) is 9.73. The Morgan fingerprint density at radius 2 is 1.03 bits per heavy atom. The Labute approximate surface area is 183 Å². The van der Waals surface area contributed by atoms with Crippen LogP contribution in [0.5, 0.6) is 0 Å². The van der Waals surface area contributed by atoms with E-state index >= 15 is 0 Å². The van der Waals surface area contributed by atoms with E-state index in [2.05, 4.69) is 0 Å². The van der Waals surface area contributed by atoms with Crippen LogP contribution in [0.15, 0.2) is 72.8 Å². The van der Waals surface area contributed by atoms with Crippen molar-refractivity contribution in [1.82, 2.24) is 0 Å². The first kappa shape index (κ1) is 20.9. The van der Waals surface area contributed by atoms with E-state index in [0.717, 1.165) is 9.80 Å². The largest absolute Gasteiger partial charge is 0.451 e. The summed E-state index contributed by atoms with van der Waals surface area (Å²) in [7, 11) is 0. The summed E-state index contributed by atoms with van der Waals surface area (Å²) >= 11 is 0. The van der Waals surface area contributed by atoms with Crippen molar-refractivity contribution in [3.05, 3.63) is 84.0 Å². The van der Waals surface area contributed by atoms with Gasteiger partial charge in [-0.15, -0.1) is 0 Å². The van der Waals surface area contributed by atoms with Crippen molar-refractivity contribution in [3.63, 3.8) is 0 Å². The Kier molecular flexibility index (Phi) is 5.06. The molecule has 8 heteroatoms. The molecule has 32 heavy (non-hydrogen) atoms. The van der Waals surface area contributed by atoms with Crippen LogP contribution in [0.3, 0.4) is 0 Å². The average molecular weight is 430 g/mol. The van der Waals surface area contributed by atoms with E-state index in [1.807, 2.05) is 0 Å². The average Bonchev–Trinajstić information content (AvgIpc) is 3.28. The molecule has 4 amide bonds. The van der Waals surface area contributed by atoms with Crippen LogP contribution >= 0.6 is 0 Å². The number of nitrogens with zero attached hydrogens (tertiary/aromatic N) is 2. The van der Waals surface area contributed by atoms with Crippen molar-refractivity contribution in [2.24, 2.45) is 0 Å². The molecular formula is C24H18N2O6. The first-order valence-corrected chi connectivity index (χ1v) is 9.73. The molecule has 0 aromatic heterocycles. The highest BCUT2D eigenvalue weighted by Gasteiger charge is 2.29. The molecule has 0 saturated heterocycles. The third kappa shape index (κ3) is 3.74. The summed E-state index contributed by atoms with van der Waals surface area (Å²) in [5.41, 5.74) is 0.697. The number of carbonyl (C=O) groups excluding carboxylic acids is 5. The molecule has 0 unspecified atom stereocenters. The Morgan fingerprint density at radius 3 is 1.44 bits per heavy atom. The third-order valence-electron chi connectivity index (χ3n) is 5.15. The minimum atomic E-state index is -1.00. The Balaban J connectivity index is 1.46. The van der Waals surface area contributed by atoms with E-state index in [9.17, 15) is 24.0 Å². The minimum absolute atomic E-state index is 0.254. The highest BCUT2D eigenvalue weighted by molar-refractivity contribution is 6.28. The van der Waals surface area contributed by atoms with Crippen LogP contribution in [0.1, 0.15) is 29.8 Å². The van der Waals surface area contributed by atoms with Crippen LogP contribution in [0, 0.1) is 0 Å². The van der Waals surface area contributed by atoms with E-state index < -0.39 is 35.2 Å². The number of benzene rings is 2. The van der Waals surface area contributed by atoms with Crippen LogP contribution in [-0.4, -0.2) is 29.6 Å². The predicted molar refractivity (Wildman–Crippen MR) is 115 cm³/mol. The molecule has 2 aromatic rings. The van der Waals surface area contributed by atoms with E-state index in [1.165, 1.54) is 48.6 Å². The minimum Gasteiger partial charge on any atom is -0.451 e. The lowest BCUT2D eigenvalue weighted by molar-refractivity contribution is -0.121. The number of imide groups is 2. The fraction of sp³-hybridized carbons (Fsp3) is 0.125. The highest BCUT2D eigenvalue weighted by atomic mass is 16.6. The maximum Gasteiger partial charge on any atom is 0.338 e. The second-order valence-electron chi connectivity index (χ2n) is 7.68. The molecule has 0 radical (unpaired) electrons. The molecule has 4 rings (SSSR count). The molecule has 2 heterocycles. The van der Waals surface area contributed by atoms with Crippen molar-refractivity contribution in [2.75, 3.05) is 9.80 Å². The molecule has 8 nitrogen and oxygen atoms in total. The second-order valence-corrected chi connectivity index (χ2v) is 7.68. The lowest BCUT2D eigenvalue weighted by atomic mass is 9.97. The summed E-state index contributed by atoms with van der Waals surface area (Å²) in [5, 5.41) is 0. The molecule has 2 aromatic carbocycles. The van der Waals surface area contributed by atoms with Crippen molar-refractivity contribution in [3.8, 4) is 0 Å². The fourth-order valence-corrected chi connectivity index (χ4v) is 3.42. The fourth-order valence-electron chi connectivity index (χ4n) is 3.42. The molecule has 0 spiro atoms. The van der Waals surface area contributed by atoms with E-state index in [4.69, 9.17) is 4.74 Å². The highest BCUT2D eigenvalue weighted by Crippen LogP contribution is 2.29. The molecule has 0 saturated carbocycles. The van der Waals surface area contributed by atoms with Crippen LogP contribution in [0.4, 0.5) is 11.4 Å². The number of carbonyl (C=O) groups is 5. The molecule has 0 aliphatic carbocycles. The van der Waals surface area contributed by atoms with E-state index in [0.29, 0.717) is 16.9 Å². The number of ether oxygens (including phenoxy) is 1. The van der Waals surface area contributed by atoms with Gasteiger partial charge in [0.2, 0.25) is 0 Å². The van der Waals surface area contributed by atoms with Gasteiger partial charge in [0.1, 0.15) is 5.60 Å². The quantitative estimate of drug-likeness (QED) is 0.534. The zero-order valence-corrected chi connectivity index (χ0v) is 17.3. The topological polar surface area (TPSA) is 101 Å². The van der Waals surface area contributed by atoms with Crippen molar-refractivity contribution < 1.29 is 28.7 Å². The molecule has 0 atom stereocenters. The van der Waals surface area contributed by atoms with Gasteiger partial charge in [0, 0.05) is 24.3 Å². The van der Waals surface area contributed by atoms with Crippen LogP contribution in [0.2, 0.25) is 0 Å². The normalized spacial score (nSPS) is 15.8. The number of amides is 4. The summed E-state index contributed by atoms with van der Waals surface area (Å²) in [6.45, 7) is 3.43. The van der Waals surface area contributed by atoms with Crippen molar-refractivity contribution in [2.45, 2.75) is 19.4 Å². The molecule has 0 bridgehead atoms. The SMILES string of the molecule is CC(C)(OC(=O)c1ccc(N2C(=O)C=CC2=O)cc1)c1ccc(N2C(=O)C=CC2=O)cc1. The zero-order valence-electron chi connectivity index (χ0n) is 17.3. The molecule has 0 fully saturated rings. The lowest BCUT2D eigenvalue weighted by Gasteiger charge is -2.26. The molecule has 2 aliphatic heterocycles. The summed E-state index contributed by atoms with van der Waals surface area (Å²) in [6.07, 6.45) is 4.78. The van der Waals surface area contributed by atoms with Crippen LogP contribution < -0.4 is 9.80 Å². The summed E-state index contributed by atoms with van der Waals surface area (Å²) < 4.78 is 5.67. The smallest absolute Gasteiger partial charge is 0.338 e. The second kappa shape index (κ2) is 7.73. The van der Waals surface area contributed by atoms with Crippen LogP contribution in [0.25, 0.3) is 0 Å². The molecule has 2 aliphatic rings. The van der Waals surface area contributed by atoms with Gasteiger partial charge in [0.05, 0.1) is 16.9 Å². The Morgan fingerprint density at radius 1 is 0.656 bits per heavy atom. The number of hydrogen-bond donors (Lipinski definition) is 0. The molecule has 0 N–H and O–H groups in total. The van der Waals surface area contributed by atoms with Crippen LogP contribution in [-0.2, 0) is 29.5 Å². The van der Waals surface area contributed by atoms with Gasteiger partial charge in [-0.1, -0.05) is 12.1 Å². The van der Waals surface area contributed by atoms with Gasteiger partial charge >= 0.3 is 5.97 Å². The summed E-state index contributed by atoms with van der Waals surface area (Å²) in [6, 6.07) is 12.5. The number of esters is 1. The van der Waals surface area contributed by atoms with Gasteiger partial charge in [-0.3, -0.25) is 19.2 Å². The Bertz CT molecular complexity index is 1170. The number of hydrogen-bond acceptors (Lipinski definition) is 6. The summed E-state index contributed by atoms with van der Waals surface area (Å²) in [5.74, 6) is -2.29. The van der Waals surface area contributed by atoms with Gasteiger partial charge in [0.25, 0.3) is 23.6 Å². The monoisotopic (exact) mass is 430 g/mol. The standard InChI is InChI=1S/C24H18N2O6/c1-24(2,16-5-9-18(10-6-16)26-21(29)13-14-22(26)30)32-23(31)15-3-7-17(8-4-15)25-19(27)11-12-20(25)28/h3-14H,1-2H3. The maximum absolute atomic E-state index is 12.7. The lowest BCUT2D eigenvalue weighted by Crippen LogP contribution is -2.30.